The van der Waals surface area contributed by atoms with Crippen molar-refractivity contribution in [2.75, 3.05) is 6.54 Å². The number of aromatic hydroxyl groups is 1. The summed E-state index contributed by atoms with van der Waals surface area (Å²) in [4.78, 5) is 0. The molecular weight excluding hydrogens is 186 g/mol. The summed E-state index contributed by atoms with van der Waals surface area (Å²) in [6.45, 7) is 1.02. The molecule has 1 unspecified atom stereocenters. The summed E-state index contributed by atoms with van der Waals surface area (Å²) in [6.07, 6.45) is 2.24. The van der Waals surface area contributed by atoms with Crippen LogP contribution in [0.15, 0.2) is 18.2 Å². The van der Waals surface area contributed by atoms with Crippen LogP contribution in [0.3, 0.4) is 0 Å². The summed E-state index contributed by atoms with van der Waals surface area (Å²) in [5, 5.41) is 13.4. The zero-order valence-electron chi connectivity index (χ0n) is 7.26. The monoisotopic (exact) mass is 197 g/mol. The Morgan fingerprint density at radius 1 is 1.46 bits per heavy atom. The first-order valence-electron chi connectivity index (χ1n) is 4.50. The van der Waals surface area contributed by atoms with Crippen molar-refractivity contribution in [3.05, 3.63) is 28.8 Å². The van der Waals surface area contributed by atoms with Crippen LogP contribution in [-0.2, 0) is 0 Å². The zero-order valence-corrected chi connectivity index (χ0v) is 8.01. The van der Waals surface area contributed by atoms with Gasteiger partial charge in [0.25, 0.3) is 0 Å². The fraction of sp³-hybridized carbons (Fsp3) is 0.400. The molecular formula is C10H12ClNO. The largest absolute Gasteiger partial charge is 0.506 e. The average Bonchev–Trinajstić information content (AvgIpc) is 2.62. The normalized spacial score (nSPS) is 22.1. The van der Waals surface area contributed by atoms with E-state index in [1.807, 2.05) is 12.1 Å². The summed E-state index contributed by atoms with van der Waals surface area (Å²) in [5.74, 6) is 0.226. The lowest BCUT2D eigenvalue weighted by molar-refractivity contribution is 0.457. The van der Waals surface area contributed by atoms with Gasteiger partial charge in [-0.25, -0.2) is 0 Å². The molecule has 2 nitrogen and oxygen atoms in total. The van der Waals surface area contributed by atoms with E-state index in [1.165, 1.54) is 0 Å². The van der Waals surface area contributed by atoms with Crippen LogP contribution >= 0.6 is 11.6 Å². The second kappa shape index (κ2) is 3.56. The lowest BCUT2D eigenvalue weighted by Crippen LogP contribution is -2.12. The van der Waals surface area contributed by atoms with Crippen molar-refractivity contribution in [3.8, 4) is 5.75 Å². The van der Waals surface area contributed by atoms with Crippen LogP contribution in [0.5, 0.6) is 5.75 Å². The molecule has 1 aliphatic rings. The van der Waals surface area contributed by atoms with E-state index in [1.54, 1.807) is 6.07 Å². The SMILES string of the molecule is Oc1c(Cl)cccc1C1CCCN1. The smallest absolute Gasteiger partial charge is 0.138 e. The van der Waals surface area contributed by atoms with Crippen molar-refractivity contribution in [2.45, 2.75) is 18.9 Å². The molecule has 2 N–H and O–H groups in total. The molecule has 0 aromatic heterocycles. The van der Waals surface area contributed by atoms with Crippen molar-refractivity contribution in [3.63, 3.8) is 0 Å². The van der Waals surface area contributed by atoms with Gasteiger partial charge in [0, 0.05) is 11.6 Å². The van der Waals surface area contributed by atoms with Gasteiger partial charge in [0.05, 0.1) is 5.02 Å². The topological polar surface area (TPSA) is 32.3 Å². The summed E-state index contributed by atoms with van der Waals surface area (Å²) in [5.41, 5.74) is 0.921. The highest BCUT2D eigenvalue weighted by molar-refractivity contribution is 6.32. The van der Waals surface area contributed by atoms with E-state index in [2.05, 4.69) is 5.32 Å². The van der Waals surface area contributed by atoms with E-state index in [9.17, 15) is 5.11 Å². The minimum Gasteiger partial charge on any atom is -0.506 e. The average molecular weight is 198 g/mol. The van der Waals surface area contributed by atoms with Gasteiger partial charge < -0.3 is 10.4 Å². The molecule has 3 heteroatoms. The Morgan fingerprint density at radius 3 is 3.00 bits per heavy atom. The fourth-order valence-corrected chi connectivity index (χ4v) is 1.95. The van der Waals surface area contributed by atoms with Crippen LogP contribution in [0.25, 0.3) is 0 Å². The second-order valence-electron chi connectivity index (χ2n) is 3.33. The van der Waals surface area contributed by atoms with E-state index in [4.69, 9.17) is 11.6 Å². The maximum absolute atomic E-state index is 9.69. The van der Waals surface area contributed by atoms with Gasteiger partial charge in [-0.05, 0) is 25.5 Å². The quantitative estimate of drug-likeness (QED) is 0.725. The van der Waals surface area contributed by atoms with Gasteiger partial charge in [0.1, 0.15) is 5.75 Å². The molecule has 13 heavy (non-hydrogen) atoms. The van der Waals surface area contributed by atoms with E-state index < -0.39 is 0 Å². The fourth-order valence-electron chi connectivity index (χ4n) is 1.76. The number of rotatable bonds is 1. The first-order chi connectivity index (χ1) is 6.29. The van der Waals surface area contributed by atoms with Gasteiger partial charge in [-0.2, -0.15) is 0 Å². The highest BCUT2D eigenvalue weighted by atomic mass is 35.5. The number of halogens is 1. The number of nitrogens with one attached hydrogen (secondary N) is 1. The first-order valence-corrected chi connectivity index (χ1v) is 4.87. The highest BCUT2D eigenvalue weighted by Gasteiger charge is 2.19. The van der Waals surface area contributed by atoms with Gasteiger partial charge in [-0.15, -0.1) is 0 Å². The van der Waals surface area contributed by atoms with Crippen LogP contribution in [0.1, 0.15) is 24.4 Å². The molecule has 2 rings (SSSR count). The lowest BCUT2D eigenvalue weighted by atomic mass is 10.0. The van der Waals surface area contributed by atoms with Gasteiger partial charge >= 0.3 is 0 Å². The molecule has 1 aliphatic heterocycles. The first kappa shape index (κ1) is 8.85. The molecule has 0 bridgehead atoms. The molecule has 1 heterocycles. The molecule has 0 radical (unpaired) electrons. The van der Waals surface area contributed by atoms with E-state index in [0.29, 0.717) is 5.02 Å². The van der Waals surface area contributed by atoms with E-state index >= 15 is 0 Å². The maximum atomic E-state index is 9.69. The van der Waals surface area contributed by atoms with Gasteiger partial charge in [0.2, 0.25) is 0 Å². The standard InChI is InChI=1S/C10H12ClNO/c11-8-4-1-3-7(10(8)13)9-5-2-6-12-9/h1,3-4,9,12-13H,2,5-6H2. The van der Waals surface area contributed by atoms with Crippen molar-refractivity contribution >= 4 is 11.6 Å². The lowest BCUT2D eigenvalue weighted by Gasteiger charge is -2.12. The number of benzene rings is 1. The summed E-state index contributed by atoms with van der Waals surface area (Å²) >= 11 is 5.81. The van der Waals surface area contributed by atoms with Crippen molar-refractivity contribution < 1.29 is 5.11 Å². The van der Waals surface area contributed by atoms with Crippen LogP contribution in [0.2, 0.25) is 5.02 Å². The van der Waals surface area contributed by atoms with Crippen LogP contribution in [0, 0.1) is 0 Å². The Balaban J connectivity index is 2.33. The Kier molecular flexibility index (Phi) is 2.42. The van der Waals surface area contributed by atoms with Crippen LogP contribution < -0.4 is 5.32 Å². The van der Waals surface area contributed by atoms with Gasteiger partial charge in [-0.3, -0.25) is 0 Å². The van der Waals surface area contributed by atoms with Gasteiger partial charge in [-0.1, -0.05) is 23.7 Å². The highest BCUT2D eigenvalue weighted by Crippen LogP contribution is 2.34. The van der Waals surface area contributed by atoms with Crippen LogP contribution in [-0.4, -0.2) is 11.7 Å². The minimum absolute atomic E-state index is 0.226. The summed E-state index contributed by atoms with van der Waals surface area (Å²) < 4.78 is 0. The number of phenolic OH excluding ortho intramolecular Hbond substituents is 1. The third-order valence-electron chi connectivity index (χ3n) is 2.45. The third-order valence-corrected chi connectivity index (χ3v) is 2.76. The Labute approximate surface area is 82.5 Å². The third kappa shape index (κ3) is 1.64. The van der Waals surface area contributed by atoms with Crippen molar-refractivity contribution in [2.24, 2.45) is 0 Å². The Bertz CT molecular complexity index is 308. The molecule has 70 valence electrons. The van der Waals surface area contributed by atoms with E-state index in [-0.39, 0.29) is 11.8 Å². The Morgan fingerprint density at radius 2 is 2.31 bits per heavy atom. The molecule has 1 fully saturated rings. The molecule has 1 aromatic rings. The predicted octanol–water partition coefficient (Wildman–Crippen LogP) is 2.47. The van der Waals surface area contributed by atoms with Crippen LogP contribution in [0.4, 0.5) is 0 Å². The molecule has 0 saturated carbocycles. The van der Waals surface area contributed by atoms with E-state index in [0.717, 1.165) is 24.9 Å². The van der Waals surface area contributed by atoms with Gasteiger partial charge in [0.15, 0.2) is 0 Å². The molecule has 0 spiro atoms. The zero-order chi connectivity index (χ0) is 9.26. The second-order valence-corrected chi connectivity index (χ2v) is 3.73. The Hall–Kier alpha value is -0.730. The summed E-state index contributed by atoms with van der Waals surface area (Å²) in [6, 6.07) is 5.77. The maximum Gasteiger partial charge on any atom is 0.138 e. The molecule has 0 amide bonds. The molecule has 1 saturated heterocycles. The summed E-state index contributed by atoms with van der Waals surface area (Å²) in [7, 11) is 0. The number of hydrogen-bond acceptors (Lipinski definition) is 2. The minimum atomic E-state index is 0.226. The predicted molar refractivity (Wildman–Crippen MR) is 53.1 cm³/mol. The number of phenols is 1. The van der Waals surface area contributed by atoms with Crippen molar-refractivity contribution in [1.29, 1.82) is 0 Å². The molecule has 1 aromatic carbocycles. The molecule has 0 aliphatic carbocycles. The number of para-hydroxylation sites is 1. The molecule has 1 atom stereocenters. The van der Waals surface area contributed by atoms with Crippen molar-refractivity contribution in [1.82, 2.24) is 5.32 Å². The number of hydrogen-bond donors (Lipinski definition) is 2.